The van der Waals surface area contributed by atoms with E-state index in [1.165, 1.54) is 25.9 Å². The molecule has 0 aromatic heterocycles. The van der Waals surface area contributed by atoms with Gasteiger partial charge in [0.2, 0.25) is 0 Å². The molecule has 0 N–H and O–H groups in total. The Kier molecular flexibility index (Phi) is 3.05. The maximum absolute atomic E-state index is 4.41. The van der Waals surface area contributed by atoms with Crippen LogP contribution in [0.25, 0.3) is 0 Å². The van der Waals surface area contributed by atoms with Crippen LogP contribution in [0.2, 0.25) is 0 Å². The molecule has 1 aliphatic rings. The summed E-state index contributed by atoms with van der Waals surface area (Å²) < 4.78 is 0. The Morgan fingerprint density at radius 1 is 1.60 bits per heavy atom. The molecule has 0 spiro atoms. The van der Waals surface area contributed by atoms with Gasteiger partial charge in [-0.15, -0.1) is 0 Å². The Hall–Kier alpha value is 0.310. The smallest absolute Gasteiger partial charge is 0.0499 e. The number of hydrogen-bond donors (Lipinski definition) is 1. The maximum Gasteiger partial charge on any atom is 0.0499 e. The molecule has 0 amide bonds. The van der Waals surface area contributed by atoms with Crippen LogP contribution in [0.1, 0.15) is 26.7 Å². The van der Waals surface area contributed by atoms with Crippen LogP contribution >= 0.6 is 12.6 Å². The van der Waals surface area contributed by atoms with Crippen LogP contribution in [-0.2, 0) is 0 Å². The van der Waals surface area contributed by atoms with Crippen LogP contribution in [0.15, 0.2) is 0 Å². The summed E-state index contributed by atoms with van der Waals surface area (Å²) >= 11 is 4.41. The quantitative estimate of drug-likeness (QED) is 0.573. The first-order chi connectivity index (χ1) is 4.70. The number of likely N-dealkylation sites (tertiary alicyclic amines) is 1. The van der Waals surface area contributed by atoms with Crippen molar-refractivity contribution in [2.75, 3.05) is 13.1 Å². The van der Waals surface area contributed by atoms with E-state index in [9.17, 15) is 0 Å². The van der Waals surface area contributed by atoms with E-state index in [0.29, 0.717) is 5.37 Å². The fraction of sp³-hybridized carbons (Fsp3) is 1.00. The highest BCUT2D eigenvalue weighted by Crippen LogP contribution is 2.18. The standard InChI is InChI=1S/C8H17NS/c1-7-4-3-5-9(6-7)8(2)10/h7-8,10H,3-6H2,1-2H3. The SMILES string of the molecule is CC1CCCN(C(C)S)C1. The van der Waals surface area contributed by atoms with Crippen LogP contribution in [0.5, 0.6) is 0 Å². The summed E-state index contributed by atoms with van der Waals surface area (Å²) in [5.41, 5.74) is 0. The Labute approximate surface area is 69.2 Å². The molecule has 1 nitrogen and oxygen atoms in total. The van der Waals surface area contributed by atoms with Crippen molar-refractivity contribution in [1.82, 2.24) is 4.90 Å². The number of rotatable bonds is 1. The fourth-order valence-corrected chi connectivity index (χ4v) is 1.77. The van der Waals surface area contributed by atoms with Crippen molar-refractivity contribution < 1.29 is 0 Å². The Morgan fingerprint density at radius 3 is 2.70 bits per heavy atom. The van der Waals surface area contributed by atoms with Crippen molar-refractivity contribution in [3.05, 3.63) is 0 Å². The molecular formula is C8H17NS. The van der Waals surface area contributed by atoms with Gasteiger partial charge in [-0.25, -0.2) is 0 Å². The summed E-state index contributed by atoms with van der Waals surface area (Å²) in [6.07, 6.45) is 2.75. The minimum atomic E-state index is 0.447. The minimum absolute atomic E-state index is 0.447. The number of piperidine rings is 1. The van der Waals surface area contributed by atoms with Gasteiger partial charge >= 0.3 is 0 Å². The van der Waals surface area contributed by atoms with E-state index in [2.05, 4.69) is 31.4 Å². The van der Waals surface area contributed by atoms with Gasteiger partial charge in [0.05, 0.1) is 0 Å². The predicted octanol–water partition coefficient (Wildman–Crippen LogP) is 1.99. The van der Waals surface area contributed by atoms with E-state index in [4.69, 9.17) is 0 Å². The van der Waals surface area contributed by atoms with Crippen molar-refractivity contribution in [2.45, 2.75) is 32.1 Å². The molecule has 0 aliphatic carbocycles. The Bertz CT molecular complexity index is 103. The van der Waals surface area contributed by atoms with Gasteiger partial charge < -0.3 is 0 Å². The fourth-order valence-electron chi connectivity index (χ4n) is 1.57. The van der Waals surface area contributed by atoms with Gasteiger partial charge in [-0.2, -0.15) is 12.6 Å². The number of thiol groups is 1. The molecule has 1 rings (SSSR count). The van der Waals surface area contributed by atoms with Gasteiger partial charge in [0.15, 0.2) is 0 Å². The van der Waals surface area contributed by atoms with E-state index in [-0.39, 0.29) is 0 Å². The highest BCUT2D eigenvalue weighted by Gasteiger charge is 2.17. The molecule has 1 aliphatic heterocycles. The zero-order valence-corrected chi connectivity index (χ0v) is 7.77. The van der Waals surface area contributed by atoms with Crippen molar-refractivity contribution in [2.24, 2.45) is 5.92 Å². The van der Waals surface area contributed by atoms with E-state index < -0.39 is 0 Å². The molecule has 0 saturated carbocycles. The molecule has 2 heteroatoms. The summed E-state index contributed by atoms with van der Waals surface area (Å²) in [4.78, 5) is 2.44. The normalized spacial score (nSPS) is 32.1. The zero-order chi connectivity index (χ0) is 7.56. The van der Waals surface area contributed by atoms with E-state index >= 15 is 0 Å². The molecular weight excluding hydrogens is 142 g/mol. The van der Waals surface area contributed by atoms with Gasteiger partial charge in [0.1, 0.15) is 0 Å². The topological polar surface area (TPSA) is 3.24 Å². The number of hydrogen-bond acceptors (Lipinski definition) is 2. The van der Waals surface area contributed by atoms with Crippen LogP contribution in [0, 0.1) is 5.92 Å². The molecule has 1 saturated heterocycles. The molecule has 2 atom stereocenters. The van der Waals surface area contributed by atoms with Crippen LogP contribution in [0.4, 0.5) is 0 Å². The molecule has 60 valence electrons. The lowest BCUT2D eigenvalue weighted by molar-refractivity contribution is 0.179. The van der Waals surface area contributed by atoms with Crippen molar-refractivity contribution in [1.29, 1.82) is 0 Å². The molecule has 2 unspecified atom stereocenters. The molecule has 0 bridgehead atoms. The second-order valence-electron chi connectivity index (χ2n) is 3.37. The van der Waals surface area contributed by atoms with Gasteiger partial charge in [-0.3, -0.25) is 4.90 Å². The third-order valence-electron chi connectivity index (χ3n) is 2.22. The highest BCUT2D eigenvalue weighted by atomic mass is 32.1. The van der Waals surface area contributed by atoms with Crippen LogP contribution in [0.3, 0.4) is 0 Å². The van der Waals surface area contributed by atoms with Crippen molar-refractivity contribution in [3.8, 4) is 0 Å². The van der Waals surface area contributed by atoms with Crippen LogP contribution < -0.4 is 0 Å². The van der Waals surface area contributed by atoms with Gasteiger partial charge in [0, 0.05) is 11.9 Å². The molecule has 1 heterocycles. The molecule has 10 heavy (non-hydrogen) atoms. The number of nitrogens with zero attached hydrogens (tertiary/aromatic N) is 1. The lowest BCUT2D eigenvalue weighted by Gasteiger charge is -2.33. The Balaban J connectivity index is 2.32. The first-order valence-electron chi connectivity index (χ1n) is 4.12. The first-order valence-corrected chi connectivity index (χ1v) is 4.64. The minimum Gasteiger partial charge on any atom is -0.292 e. The molecule has 0 aromatic carbocycles. The van der Waals surface area contributed by atoms with Gasteiger partial charge in [0.25, 0.3) is 0 Å². The average molecular weight is 159 g/mol. The summed E-state index contributed by atoms with van der Waals surface area (Å²) in [5, 5.41) is 0.447. The first kappa shape index (κ1) is 8.41. The van der Waals surface area contributed by atoms with E-state index in [1.807, 2.05) is 0 Å². The molecule has 1 fully saturated rings. The predicted molar refractivity (Wildman–Crippen MR) is 48.4 cm³/mol. The second-order valence-corrected chi connectivity index (χ2v) is 4.12. The molecule has 0 radical (unpaired) electrons. The van der Waals surface area contributed by atoms with E-state index in [0.717, 1.165) is 5.92 Å². The summed E-state index contributed by atoms with van der Waals surface area (Å²) in [6, 6.07) is 0. The van der Waals surface area contributed by atoms with Crippen molar-refractivity contribution >= 4 is 12.6 Å². The molecule has 0 aromatic rings. The Morgan fingerprint density at radius 2 is 2.30 bits per heavy atom. The van der Waals surface area contributed by atoms with Gasteiger partial charge in [-0.05, 0) is 32.2 Å². The lowest BCUT2D eigenvalue weighted by atomic mass is 10.0. The van der Waals surface area contributed by atoms with Crippen molar-refractivity contribution in [3.63, 3.8) is 0 Å². The summed E-state index contributed by atoms with van der Waals surface area (Å²) in [7, 11) is 0. The third-order valence-corrected chi connectivity index (χ3v) is 2.54. The zero-order valence-electron chi connectivity index (χ0n) is 6.88. The lowest BCUT2D eigenvalue weighted by Crippen LogP contribution is -2.37. The van der Waals surface area contributed by atoms with Crippen LogP contribution in [-0.4, -0.2) is 23.4 Å². The third kappa shape index (κ3) is 2.17. The largest absolute Gasteiger partial charge is 0.292 e. The maximum atomic E-state index is 4.41. The van der Waals surface area contributed by atoms with Gasteiger partial charge in [-0.1, -0.05) is 6.92 Å². The monoisotopic (exact) mass is 159 g/mol. The summed E-state index contributed by atoms with van der Waals surface area (Å²) in [6.45, 7) is 6.96. The average Bonchev–Trinajstić information content (AvgIpc) is 1.88. The second kappa shape index (κ2) is 3.63. The highest BCUT2D eigenvalue weighted by molar-refractivity contribution is 7.80. The van der Waals surface area contributed by atoms with E-state index in [1.54, 1.807) is 0 Å². The summed E-state index contributed by atoms with van der Waals surface area (Å²) in [5.74, 6) is 0.878.